The highest BCUT2D eigenvalue weighted by Crippen LogP contribution is 2.31. The van der Waals surface area contributed by atoms with Crippen molar-refractivity contribution in [3.63, 3.8) is 0 Å². The first kappa shape index (κ1) is 25.4. The molecule has 1 unspecified atom stereocenters. The maximum atomic E-state index is 13.5. The van der Waals surface area contributed by atoms with Gasteiger partial charge in [0, 0.05) is 27.2 Å². The number of hydrogen-bond acceptors (Lipinski definition) is 5. The second-order valence-electron chi connectivity index (χ2n) is 8.61. The molecular formula is C23H31N3O5S2. The van der Waals surface area contributed by atoms with Gasteiger partial charge in [-0.2, -0.15) is 4.31 Å². The number of amides is 1. The van der Waals surface area contributed by atoms with Gasteiger partial charge in [0.1, 0.15) is 6.04 Å². The predicted molar refractivity (Wildman–Crippen MR) is 127 cm³/mol. The minimum Gasteiger partial charge on any atom is -0.351 e. The fourth-order valence-electron chi connectivity index (χ4n) is 4.38. The molecule has 0 bridgehead atoms. The Bertz CT molecular complexity index is 1250. The van der Waals surface area contributed by atoms with Crippen molar-refractivity contribution in [2.75, 3.05) is 20.6 Å². The SMILES string of the molecule is Cc1cc(C)c(S(=O)(=O)N2CCCC2C(=O)NCc2ccccc2S(=O)(=O)N(C)C)c(C)c1. The van der Waals surface area contributed by atoms with Crippen LogP contribution in [0.3, 0.4) is 0 Å². The molecule has 33 heavy (non-hydrogen) atoms. The highest BCUT2D eigenvalue weighted by Gasteiger charge is 2.40. The molecule has 2 aromatic rings. The van der Waals surface area contributed by atoms with E-state index in [0.29, 0.717) is 29.5 Å². The lowest BCUT2D eigenvalue weighted by Crippen LogP contribution is -2.46. The van der Waals surface area contributed by atoms with Gasteiger partial charge in [0.25, 0.3) is 0 Å². The largest absolute Gasteiger partial charge is 0.351 e. The molecule has 1 N–H and O–H groups in total. The summed E-state index contributed by atoms with van der Waals surface area (Å²) in [6.45, 7) is 5.69. The van der Waals surface area contributed by atoms with E-state index >= 15 is 0 Å². The summed E-state index contributed by atoms with van der Waals surface area (Å²) in [5, 5.41) is 2.76. The lowest BCUT2D eigenvalue weighted by atomic mass is 10.1. The van der Waals surface area contributed by atoms with E-state index in [0.717, 1.165) is 9.87 Å². The summed E-state index contributed by atoms with van der Waals surface area (Å²) < 4.78 is 54.6. The lowest BCUT2D eigenvalue weighted by molar-refractivity contribution is -0.124. The normalized spacial score (nSPS) is 17.5. The summed E-state index contributed by atoms with van der Waals surface area (Å²) in [5.41, 5.74) is 2.73. The minimum absolute atomic E-state index is 0.0188. The summed E-state index contributed by atoms with van der Waals surface area (Å²) in [7, 11) is -4.66. The van der Waals surface area contributed by atoms with Gasteiger partial charge in [0.05, 0.1) is 9.79 Å². The Morgan fingerprint density at radius 1 is 1.06 bits per heavy atom. The van der Waals surface area contributed by atoms with Gasteiger partial charge in [-0.3, -0.25) is 4.79 Å². The van der Waals surface area contributed by atoms with Gasteiger partial charge in [-0.05, 0) is 56.4 Å². The van der Waals surface area contributed by atoms with E-state index in [1.54, 1.807) is 32.0 Å². The number of benzene rings is 2. The predicted octanol–water partition coefficient (Wildman–Crippen LogP) is 2.33. The van der Waals surface area contributed by atoms with E-state index < -0.39 is 32.0 Å². The molecule has 1 heterocycles. The molecule has 180 valence electrons. The molecular weight excluding hydrogens is 462 g/mol. The van der Waals surface area contributed by atoms with Crippen molar-refractivity contribution >= 4 is 26.0 Å². The number of rotatable bonds is 7. The maximum absolute atomic E-state index is 13.5. The first-order chi connectivity index (χ1) is 15.4. The standard InChI is InChI=1S/C23H31N3O5S2/c1-16-13-17(2)22(18(3)14-16)33(30,31)26-12-8-10-20(26)23(27)24-15-19-9-6-7-11-21(19)32(28,29)25(4)5/h6-7,9,11,13-14,20H,8,10,12,15H2,1-5H3,(H,24,27). The van der Waals surface area contributed by atoms with Crippen molar-refractivity contribution in [2.45, 2.75) is 56.0 Å². The van der Waals surface area contributed by atoms with Crippen LogP contribution in [0.2, 0.25) is 0 Å². The molecule has 3 rings (SSSR count). The highest BCUT2D eigenvalue weighted by atomic mass is 32.2. The van der Waals surface area contributed by atoms with E-state index in [-0.39, 0.29) is 22.9 Å². The summed E-state index contributed by atoms with van der Waals surface area (Å²) >= 11 is 0. The number of nitrogens with zero attached hydrogens (tertiary/aromatic N) is 2. The van der Waals surface area contributed by atoms with Gasteiger partial charge in [-0.1, -0.05) is 35.9 Å². The Morgan fingerprint density at radius 3 is 2.27 bits per heavy atom. The molecule has 0 aliphatic carbocycles. The van der Waals surface area contributed by atoms with Crippen LogP contribution in [0.4, 0.5) is 0 Å². The van der Waals surface area contributed by atoms with Crippen LogP contribution < -0.4 is 5.32 Å². The van der Waals surface area contributed by atoms with Crippen LogP contribution in [-0.4, -0.2) is 58.0 Å². The van der Waals surface area contributed by atoms with E-state index in [1.807, 2.05) is 19.1 Å². The van der Waals surface area contributed by atoms with Gasteiger partial charge < -0.3 is 5.32 Å². The topological polar surface area (TPSA) is 104 Å². The highest BCUT2D eigenvalue weighted by molar-refractivity contribution is 7.89. The molecule has 0 spiro atoms. The number of sulfonamides is 2. The van der Waals surface area contributed by atoms with Crippen LogP contribution in [0.25, 0.3) is 0 Å². The van der Waals surface area contributed by atoms with Gasteiger partial charge in [0.2, 0.25) is 26.0 Å². The summed E-state index contributed by atoms with van der Waals surface area (Å²) in [6, 6.07) is 9.27. The Balaban J connectivity index is 1.84. The second kappa shape index (κ2) is 9.54. The Kier molecular flexibility index (Phi) is 7.33. The fourth-order valence-corrected chi connectivity index (χ4v) is 7.57. The lowest BCUT2D eigenvalue weighted by Gasteiger charge is -2.25. The minimum atomic E-state index is -3.87. The smallest absolute Gasteiger partial charge is 0.244 e. The number of carbonyl (C=O) groups is 1. The van der Waals surface area contributed by atoms with Gasteiger partial charge in [-0.25, -0.2) is 21.1 Å². The third kappa shape index (κ3) is 4.98. The van der Waals surface area contributed by atoms with Crippen molar-refractivity contribution < 1.29 is 21.6 Å². The average molecular weight is 494 g/mol. The van der Waals surface area contributed by atoms with E-state index in [9.17, 15) is 21.6 Å². The van der Waals surface area contributed by atoms with Crippen LogP contribution >= 0.6 is 0 Å². The molecule has 8 nitrogen and oxygen atoms in total. The number of carbonyl (C=O) groups excluding carboxylic acids is 1. The first-order valence-corrected chi connectivity index (χ1v) is 13.6. The van der Waals surface area contributed by atoms with Crippen molar-refractivity contribution in [3.8, 4) is 0 Å². The maximum Gasteiger partial charge on any atom is 0.244 e. The van der Waals surface area contributed by atoms with Crippen LogP contribution in [0.1, 0.15) is 35.1 Å². The van der Waals surface area contributed by atoms with Gasteiger partial charge in [-0.15, -0.1) is 0 Å². The second-order valence-corrected chi connectivity index (χ2v) is 12.6. The zero-order chi connectivity index (χ0) is 24.6. The summed E-state index contributed by atoms with van der Waals surface area (Å²) in [4.78, 5) is 13.4. The molecule has 1 saturated heterocycles. The molecule has 1 fully saturated rings. The van der Waals surface area contributed by atoms with Gasteiger partial charge in [0.15, 0.2) is 0 Å². The first-order valence-electron chi connectivity index (χ1n) is 10.7. The van der Waals surface area contributed by atoms with E-state index in [4.69, 9.17) is 0 Å². The third-order valence-corrected chi connectivity index (χ3v) is 9.99. The molecule has 1 amide bonds. The fraction of sp³-hybridized carbons (Fsp3) is 0.435. The molecule has 10 heteroatoms. The zero-order valence-electron chi connectivity index (χ0n) is 19.6. The monoisotopic (exact) mass is 493 g/mol. The van der Waals surface area contributed by atoms with Crippen molar-refractivity contribution in [3.05, 3.63) is 58.7 Å². The van der Waals surface area contributed by atoms with E-state index in [2.05, 4.69) is 5.32 Å². The molecule has 1 atom stereocenters. The average Bonchev–Trinajstić information content (AvgIpc) is 3.22. The third-order valence-electron chi connectivity index (χ3n) is 5.86. The molecule has 2 aromatic carbocycles. The number of nitrogens with one attached hydrogen (secondary N) is 1. The summed E-state index contributed by atoms with van der Waals surface area (Å²) in [5.74, 6) is -0.435. The van der Waals surface area contributed by atoms with Crippen LogP contribution in [0, 0.1) is 20.8 Å². The quantitative estimate of drug-likeness (QED) is 0.638. The zero-order valence-corrected chi connectivity index (χ0v) is 21.3. The molecule has 1 aliphatic heterocycles. The Hall–Kier alpha value is -2.27. The molecule has 0 aromatic heterocycles. The van der Waals surface area contributed by atoms with Crippen LogP contribution in [-0.2, 0) is 31.4 Å². The molecule has 0 radical (unpaired) electrons. The Labute approximate surface area is 196 Å². The van der Waals surface area contributed by atoms with Crippen molar-refractivity contribution in [1.29, 1.82) is 0 Å². The Morgan fingerprint density at radius 2 is 1.67 bits per heavy atom. The molecule has 1 aliphatic rings. The van der Waals surface area contributed by atoms with E-state index in [1.165, 1.54) is 24.5 Å². The summed E-state index contributed by atoms with van der Waals surface area (Å²) in [6.07, 6.45) is 0.986. The van der Waals surface area contributed by atoms with Crippen LogP contribution in [0.5, 0.6) is 0 Å². The number of hydrogen-bond donors (Lipinski definition) is 1. The number of aryl methyl sites for hydroxylation is 3. The molecule has 0 saturated carbocycles. The van der Waals surface area contributed by atoms with Crippen molar-refractivity contribution in [1.82, 2.24) is 13.9 Å². The van der Waals surface area contributed by atoms with Crippen LogP contribution in [0.15, 0.2) is 46.2 Å². The van der Waals surface area contributed by atoms with Gasteiger partial charge >= 0.3 is 0 Å². The van der Waals surface area contributed by atoms with Crippen molar-refractivity contribution in [2.24, 2.45) is 0 Å².